The van der Waals surface area contributed by atoms with Gasteiger partial charge in [0.05, 0.1) is 12.7 Å². The van der Waals surface area contributed by atoms with Crippen molar-refractivity contribution in [3.05, 3.63) is 33.1 Å². The number of aliphatic hydroxyl groups excluding tert-OH is 1. The Balaban J connectivity index is 2.45. The van der Waals surface area contributed by atoms with Gasteiger partial charge in [-0.15, -0.1) is 0 Å². The lowest BCUT2D eigenvalue weighted by molar-refractivity contribution is -0.0479. The third kappa shape index (κ3) is 1.98. The van der Waals surface area contributed by atoms with Crippen LogP contribution in [0.1, 0.15) is 13.2 Å². The quantitative estimate of drug-likeness (QED) is 0.744. The van der Waals surface area contributed by atoms with Gasteiger partial charge in [-0.05, 0) is 0 Å². The molecule has 0 amide bonds. The van der Waals surface area contributed by atoms with Gasteiger partial charge >= 0.3 is 5.69 Å². The summed E-state index contributed by atoms with van der Waals surface area (Å²) in [5, 5.41) is 6.71. The number of aromatic nitrogens is 2. The third-order valence-electron chi connectivity index (χ3n) is 3.08. The monoisotopic (exact) mass is 278 g/mol. The number of alkyl halides is 2. The van der Waals surface area contributed by atoms with Crippen LogP contribution in [-0.2, 0) is 4.74 Å². The summed E-state index contributed by atoms with van der Waals surface area (Å²) < 4.78 is 20.4. The number of halogens is 2. The molecule has 0 bridgehead atoms. The fourth-order valence-electron chi connectivity index (χ4n) is 1.91. The zero-order valence-corrected chi connectivity index (χ0v) is 10.2. The van der Waals surface area contributed by atoms with E-state index in [4.69, 9.17) is 21.4 Å². The first-order valence-corrected chi connectivity index (χ1v) is 5.71. The van der Waals surface area contributed by atoms with Gasteiger partial charge in [0, 0.05) is 18.2 Å². The van der Waals surface area contributed by atoms with Gasteiger partial charge < -0.3 is 9.84 Å². The molecular formula is C10H12ClFN2O4. The average molecular weight is 279 g/mol. The summed E-state index contributed by atoms with van der Waals surface area (Å²) in [5.41, 5.74) is -1.42. The summed E-state index contributed by atoms with van der Waals surface area (Å²) in [5.74, 6) is -0.798. The van der Waals surface area contributed by atoms with E-state index in [0.717, 1.165) is 16.8 Å². The van der Waals surface area contributed by atoms with Gasteiger partial charge in [-0.3, -0.25) is 14.3 Å². The minimum atomic E-state index is -2.34. The number of hydrogen-bond acceptors (Lipinski definition) is 4. The SMILES string of the molecule is C[C@@H]1[C@@H](CO)O[C@@H](n2ccc(=O)[nH]c2=O)[C@@]1(F)Cl. The predicted octanol–water partition coefficient (Wildman–Crippen LogP) is -0.0330. The maximum atomic E-state index is 14.3. The molecule has 0 radical (unpaired) electrons. The lowest BCUT2D eigenvalue weighted by Crippen LogP contribution is -2.38. The zero-order chi connectivity index (χ0) is 13.5. The molecule has 1 fully saturated rings. The molecule has 1 aromatic heterocycles. The van der Waals surface area contributed by atoms with E-state index < -0.39 is 41.2 Å². The highest BCUT2D eigenvalue weighted by Gasteiger charge is 2.55. The van der Waals surface area contributed by atoms with E-state index in [1.54, 1.807) is 0 Å². The molecule has 0 saturated carbocycles. The Hall–Kier alpha value is -1.18. The van der Waals surface area contributed by atoms with E-state index in [-0.39, 0.29) is 0 Å². The topological polar surface area (TPSA) is 84.3 Å². The second kappa shape index (κ2) is 4.49. The summed E-state index contributed by atoms with van der Waals surface area (Å²) in [7, 11) is 0. The minimum Gasteiger partial charge on any atom is -0.394 e. The van der Waals surface area contributed by atoms with Gasteiger partial charge in [-0.25, -0.2) is 9.18 Å². The fourth-order valence-corrected chi connectivity index (χ4v) is 2.21. The Labute approximate surface area is 106 Å². The lowest BCUT2D eigenvalue weighted by Gasteiger charge is -2.23. The van der Waals surface area contributed by atoms with E-state index in [1.807, 2.05) is 4.98 Å². The summed E-state index contributed by atoms with van der Waals surface area (Å²) in [6.45, 7) is 1.07. The number of aliphatic hydroxyl groups is 1. The van der Waals surface area contributed by atoms with Crippen molar-refractivity contribution in [1.29, 1.82) is 0 Å². The first-order chi connectivity index (χ1) is 8.37. The fraction of sp³-hybridized carbons (Fsp3) is 0.600. The second-order valence-electron chi connectivity index (χ2n) is 4.19. The normalized spacial score (nSPS) is 35.9. The van der Waals surface area contributed by atoms with Crippen molar-refractivity contribution in [3.63, 3.8) is 0 Å². The maximum Gasteiger partial charge on any atom is 0.330 e. The number of nitrogens with one attached hydrogen (secondary N) is 1. The van der Waals surface area contributed by atoms with Crippen LogP contribution >= 0.6 is 11.6 Å². The molecular weight excluding hydrogens is 267 g/mol. The Bertz CT molecular complexity index is 555. The Morgan fingerprint density at radius 3 is 2.83 bits per heavy atom. The van der Waals surface area contributed by atoms with Crippen LogP contribution in [0.25, 0.3) is 0 Å². The van der Waals surface area contributed by atoms with E-state index in [0.29, 0.717) is 0 Å². The lowest BCUT2D eigenvalue weighted by atomic mass is 10.0. The highest BCUT2D eigenvalue weighted by Crippen LogP contribution is 2.47. The Morgan fingerprint density at radius 2 is 2.33 bits per heavy atom. The smallest absolute Gasteiger partial charge is 0.330 e. The van der Waals surface area contributed by atoms with Crippen LogP contribution in [0.15, 0.2) is 21.9 Å². The minimum absolute atomic E-state index is 0.409. The number of aromatic amines is 1. The first kappa shape index (κ1) is 13.3. The number of hydrogen-bond donors (Lipinski definition) is 2. The maximum absolute atomic E-state index is 14.3. The molecule has 18 heavy (non-hydrogen) atoms. The van der Waals surface area contributed by atoms with Crippen molar-refractivity contribution in [3.8, 4) is 0 Å². The molecule has 4 atom stereocenters. The van der Waals surface area contributed by atoms with Gasteiger partial charge in [0.25, 0.3) is 5.56 Å². The molecule has 0 aliphatic carbocycles. The van der Waals surface area contributed by atoms with Crippen molar-refractivity contribution in [1.82, 2.24) is 9.55 Å². The summed E-state index contributed by atoms with van der Waals surface area (Å²) in [6.07, 6.45) is -1.10. The molecule has 1 aromatic rings. The Kier molecular flexibility index (Phi) is 3.31. The van der Waals surface area contributed by atoms with Gasteiger partial charge in [0.2, 0.25) is 5.13 Å². The number of rotatable bonds is 2. The van der Waals surface area contributed by atoms with Crippen LogP contribution in [0, 0.1) is 5.92 Å². The summed E-state index contributed by atoms with van der Waals surface area (Å²) in [4.78, 5) is 24.5. The van der Waals surface area contributed by atoms with Crippen LogP contribution < -0.4 is 11.2 Å². The predicted molar refractivity (Wildman–Crippen MR) is 61.2 cm³/mol. The molecule has 8 heteroatoms. The number of H-pyrrole nitrogens is 1. The van der Waals surface area contributed by atoms with Gasteiger partial charge in [0.1, 0.15) is 0 Å². The van der Waals surface area contributed by atoms with Crippen molar-refractivity contribution in [2.45, 2.75) is 24.4 Å². The van der Waals surface area contributed by atoms with E-state index in [9.17, 15) is 14.0 Å². The molecule has 0 unspecified atom stereocenters. The Morgan fingerprint density at radius 1 is 1.67 bits per heavy atom. The summed E-state index contributed by atoms with van der Waals surface area (Å²) in [6, 6.07) is 1.06. The van der Waals surface area contributed by atoms with E-state index in [1.165, 1.54) is 6.92 Å². The molecule has 100 valence electrons. The highest BCUT2D eigenvalue weighted by atomic mass is 35.5. The van der Waals surface area contributed by atoms with E-state index >= 15 is 0 Å². The molecule has 6 nitrogen and oxygen atoms in total. The van der Waals surface area contributed by atoms with Crippen LogP contribution in [0.4, 0.5) is 4.39 Å². The standard InChI is InChI=1S/C10H12ClFN2O4/c1-5-6(4-15)18-8(10(5,11)12)14-3-2-7(16)13-9(14)17/h2-3,5-6,8,15H,4H2,1H3,(H,13,16,17)/t5-,6-,8-,10-/m1/s1. The van der Waals surface area contributed by atoms with E-state index in [2.05, 4.69) is 0 Å². The number of ether oxygens (including phenoxy) is 1. The van der Waals surface area contributed by atoms with Crippen molar-refractivity contribution >= 4 is 11.6 Å². The second-order valence-corrected chi connectivity index (χ2v) is 4.77. The van der Waals surface area contributed by atoms with Crippen LogP contribution in [0.2, 0.25) is 0 Å². The van der Waals surface area contributed by atoms with Crippen LogP contribution in [0.5, 0.6) is 0 Å². The molecule has 2 heterocycles. The molecule has 1 aliphatic rings. The molecule has 0 spiro atoms. The average Bonchev–Trinajstić information content (AvgIpc) is 2.52. The molecule has 2 rings (SSSR count). The molecule has 0 aromatic carbocycles. The number of nitrogens with zero attached hydrogens (tertiary/aromatic N) is 1. The van der Waals surface area contributed by atoms with Gasteiger partial charge in [-0.1, -0.05) is 18.5 Å². The first-order valence-electron chi connectivity index (χ1n) is 5.33. The van der Waals surface area contributed by atoms with Crippen molar-refractivity contribution in [2.75, 3.05) is 6.61 Å². The largest absolute Gasteiger partial charge is 0.394 e. The van der Waals surface area contributed by atoms with Crippen molar-refractivity contribution in [2.24, 2.45) is 5.92 Å². The van der Waals surface area contributed by atoms with Crippen LogP contribution in [-0.4, -0.2) is 32.5 Å². The van der Waals surface area contributed by atoms with Gasteiger partial charge in [0.15, 0.2) is 6.23 Å². The summed E-state index contributed by atoms with van der Waals surface area (Å²) >= 11 is 5.75. The van der Waals surface area contributed by atoms with Crippen molar-refractivity contribution < 1.29 is 14.2 Å². The zero-order valence-electron chi connectivity index (χ0n) is 9.47. The molecule has 1 aliphatic heterocycles. The molecule has 1 saturated heterocycles. The van der Waals surface area contributed by atoms with Crippen LogP contribution in [0.3, 0.4) is 0 Å². The highest BCUT2D eigenvalue weighted by molar-refractivity contribution is 6.23. The third-order valence-corrected chi connectivity index (χ3v) is 3.61. The molecule has 2 N–H and O–H groups in total. The van der Waals surface area contributed by atoms with Gasteiger partial charge in [-0.2, -0.15) is 0 Å².